The van der Waals surface area contributed by atoms with Crippen molar-refractivity contribution in [1.29, 1.82) is 0 Å². The summed E-state index contributed by atoms with van der Waals surface area (Å²) in [5, 5.41) is 12.3. The van der Waals surface area contributed by atoms with Crippen LogP contribution in [0.25, 0.3) is 0 Å². The normalized spacial score (nSPS) is 10.4. The van der Waals surface area contributed by atoms with Crippen molar-refractivity contribution in [1.82, 2.24) is 14.5 Å². The quantitative estimate of drug-likeness (QED) is 0.606. The lowest BCUT2D eigenvalue weighted by atomic mass is 10.2. The van der Waals surface area contributed by atoms with E-state index in [1.807, 2.05) is 10.8 Å². The number of carboxylic acids is 1. The van der Waals surface area contributed by atoms with Gasteiger partial charge < -0.3 is 15.0 Å². The van der Waals surface area contributed by atoms with Gasteiger partial charge in [-0.05, 0) is 25.0 Å². The van der Waals surface area contributed by atoms with Crippen LogP contribution < -0.4 is 5.32 Å². The lowest BCUT2D eigenvalue weighted by Crippen LogP contribution is -2.10. The molecule has 0 aliphatic carbocycles. The van der Waals surface area contributed by atoms with Crippen molar-refractivity contribution in [3.63, 3.8) is 0 Å². The Kier molecular flexibility index (Phi) is 4.95. The SMILES string of the molecule is O=C(O)c1ccc(Cl)nc1NCCCCn1ccnc1. The number of halogens is 1. The summed E-state index contributed by atoms with van der Waals surface area (Å²) >= 11 is 5.77. The van der Waals surface area contributed by atoms with Gasteiger partial charge in [-0.1, -0.05) is 11.6 Å². The number of hydrogen-bond donors (Lipinski definition) is 2. The molecule has 20 heavy (non-hydrogen) atoms. The van der Waals surface area contributed by atoms with Gasteiger partial charge in [-0.15, -0.1) is 0 Å². The maximum Gasteiger partial charge on any atom is 0.339 e. The number of nitrogens with zero attached hydrogens (tertiary/aromatic N) is 3. The number of hydrogen-bond acceptors (Lipinski definition) is 4. The topological polar surface area (TPSA) is 80.0 Å². The summed E-state index contributed by atoms with van der Waals surface area (Å²) in [5.74, 6) is -0.706. The average molecular weight is 295 g/mol. The Labute approximate surface area is 121 Å². The molecule has 0 fully saturated rings. The van der Waals surface area contributed by atoms with E-state index in [-0.39, 0.29) is 10.7 Å². The number of anilines is 1. The van der Waals surface area contributed by atoms with E-state index in [4.69, 9.17) is 16.7 Å². The van der Waals surface area contributed by atoms with Gasteiger partial charge >= 0.3 is 5.97 Å². The molecule has 2 aromatic heterocycles. The number of aryl methyl sites for hydroxylation is 1. The van der Waals surface area contributed by atoms with E-state index in [1.54, 1.807) is 12.5 Å². The third-order valence-corrected chi connectivity index (χ3v) is 3.00. The Morgan fingerprint density at radius 3 is 2.95 bits per heavy atom. The van der Waals surface area contributed by atoms with Crippen LogP contribution in [0.5, 0.6) is 0 Å². The van der Waals surface area contributed by atoms with Gasteiger partial charge in [0.25, 0.3) is 0 Å². The van der Waals surface area contributed by atoms with Crippen LogP contribution in [0.2, 0.25) is 5.15 Å². The first-order valence-corrected chi connectivity index (χ1v) is 6.64. The maximum atomic E-state index is 11.0. The summed E-state index contributed by atoms with van der Waals surface area (Å²) in [6.45, 7) is 1.53. The van der Waals surface area contributed by atoms with Gasteiger partial charge in [-0.3, -0.25) is 0 Å². The number of carboxylic acid groups (broad SMARTS) is 1. The van der Waals surface area contributed by atoms with Crippen molar-refractivity contribution in [3.05, 3.63) is 41.6 Å². The minimum atomic E-state index is -1.02. The number of nitrogens with one attached hydrogen (secondary N) is 1. The molecule has 0 aromatic carbocycles. The second-order valence-electron chi connectivity index (χ2n) is 4.27. The molecule has 0 saturated heterocycles. The number of carbonyl (C=O) groups is 1. The number of rotatable bonds is 7. The number of unbranched alkanes of at least 4 members (excludes halogenated alkanes) is 1. The highest BCUT2D eigenvalue weighted by Gasteiger charge is 2.11. The third kappa shape index (κ3) is 3.96. The molecule has 0 bridgehead atoms. The summed E-state index contributed by atoms with van der Waals surface area (Å²) < 4.78 is 2.00. The highest BCUT2D eigenvalue weighted by molar-refractivity contribution is 6.29. The molecule has 0 amide bonds. The van der Waals surface area contributed by atoms with Crippen LogP contribution in [0.3, 0.4) is 0 Å². The van der Waals surface area contributed by atoms with Gasteiger partial charge in [0, 0.05) is 25.5 Å². The number of imidazole rings is 1. The van der Waals surface area contributed by atoms with Crippen molar-refractivity contribution in [3.8, 4) is 0 Å². The van der Waals surface area contributed by atoms with Crippen molar-refractivity contribution in [2.24, 2.45) is 0 Å². The van der Waals surface area contributed by atoms with Crippen LogP contribution >= 0.6 is 11.6 Å². The zero-order valence-corrected chi connectivity index (χ0v) is 11.5. The Morgan fingerprint density at radius 1 is 1.40 bits per heavy atom. The first-order chi connectivity index (χ1) is 9.66. The monoisotopic (exact) mass is 294 g/mol. The van der Waals surface area contributed by atoms with Crippen molar-refractivity contribution >= 4 is 23.4 Å². The lowest BCUT2D eigenvalue weighted by Gasteiger charge is -2.09. The first kappa shape index (κ1) is 14.3. The highest BCUT2D eigenvalue weighted by Crippen LogP contribution is 2.16. The lowest BCUT2D eigenvalue weighted by molar-refractivity contribution is 0.0697. The van der Waals surface area contributed by atoms with E-state index >= 15 is 0 Å². The number of pyridine rings is 1. The summed E-state index contributed by atoms with van der Waals surface area (Å²) in [5.41, 5.74) is 0.129. The van der Waals surface area contributed by atoms with E-state index in [9.17, 15) is 4.79 Å². The molecule has 106 valence electrons. The third-order valence-electron chi connectivity index (χ3n) is 2.79. The zero-order valence-electron chi connectivity index (χ0n) is 10.8. The number of aromatic carboxylic acids is 1. The summed E-state index contributed by atoms with van der Waals surface area (Å²) in [4.78, 5) is 19.0. The van der Waals surface area contributed by atoms with Gasteiger partial charge in [0.15, 0.2) is 0 Å². The highest BCUT2D eigenvalue weighted by atomic mass is 35.5. The van der Waals surface area contributed by atoms with E-state index in [2.05, 4.69) is 15.3 Å². The van der Waals surface area contributed by atoms with Gasteiger partial charge in [0.05, 0.1) is 6.33 Å². The van der Waals surface area contributed by atoms with E-state index < -0.39 is 5.97 Å². The van der Waals surface area contributed by atoms with Crippen LogP contribution in [0.4, 0.5) is 5.82 Å². The fraction of sp³-hybridized carbons (Fsp3) is 0.308. The average Bonchev–Trinajstić information content (AvgIpc) is 2.91. The minimum Gasteiger partial charge on any atom is -0.478 e. The van der Waals surface area contributed by atoms with Gasteiger partial charge in [0.2, 0.25) is 0 Å². The molecule has 0 atom stereocenters. The largest absolute Gasteiger partial charge is 0.478 e. The fourth-order valence-corrected chi connectivity index (χ4v) is 1.94. The molecule has 0 radical (unpaired) electrons. The molecule has 2 N–H and O–H groups in total. The Morgan fingerprint density at radius 2 is 2.25 bits per heavy atom. The van der Waals surface area contributed by atoms with Gasteiger partial charge in [-0.2, -0.15) is 0 Å². The molecule has 2 rings (SSSR count). The zero-order chi connectivity index (χ0) is 14.4. The molecule has 6 nitrogen and oxygen atoms in total. The standard InChI is InChI=1S/C13H15ClN4O2/c14-11-4-3-10(13(19)20)12(17-11)16-5-1-2-7-18-8-6-15-9-18/h3-4,6,8-9H,1-2,5,7H2,(H,16,17)(H,19,20). The van der Waals surface area contributed by atoms with Gasteiger partial charge in [-0.25, -0.2) is 14.8 Å². The summed E-state index contributed by atoms with van der Waals surface area (Å²) in [6.07, 6.45) is 7.29. The molecular weight excluding hydrogens is 280 g/mol. The van der Waals surface area contributed by atoms with Crippen LogP contribution in [0.15, 0.2) is 30.9 Å². The molecule has 7 heteroatoms. The molecule has 2 heterocycles. The summed E-state index contributed by atoms with van der Waals surface area (Å²) in [6, 6.07) is 2.92. The Hall–Kier alpha value is -2.08. The smallest absolute Gasteiger partial charge is 0.339 e. The summed E-state index contributed by atoms with van der Waals surface area (Å²) in [7, 11) is 0. The molecule has 0 unspecified atom stereocenters. The molecule has 0 spiro atoms. The van der Waals surface area contributed by atoms with Crippen molar-refractivity contribution in [2.75, 3.05) is 11.9 Å². The molecule has 2 aromatic rings. The Balaban J connectivity index is 1.81. The molecule has 0 saturated carbocycles. The van der Waals surface area contributed by atoms with Crippen LogP contribution in [0.1, 0.15) is 23.2 Å². The van der Waals surface area contributed by atoms with Crippen LogP contribution in [-0.2, 0) is 6.54 Å². The van der Waals surface area contributed by atoms with Crippen molar-refractivity contribution < 1.29 is 9.90 Å². The predicted molar refractivity (Wildman–Crippen MR) is 76.2 cm³/mol. The molecular formula is C13H15ClN4O2. The predicted octanol–water partition coefficient (Wildman–Crippen LogP) is 2.52. The first-order valence-electron chi connectivity index (χ1n) is 6.26. The number of aromatic nitrogens is 3. The second-order valence-corrected chi connectivity index (χ2v) is 4.66. The molecule has 0 aliphatic rings. The second kappa shape index (κ2) is 6.91. The van der Waals surface area contributed by atoms with E-state index in [0.29, 0.717) is 12.4 Å². The van der Waals surface area contributed by atoms with E-state index in [1.165, 1.54) is 12.1 Å². The van der Waals surface area contributed by atoms with Crippen LogP contribution in [0, 0.1) is 0 Å². The van der Waals surface area contributed by atoms with Gasteiger partial charge in [0.1, 0.15) is 16.5 Å². The van der Waals surface area contributed by atoms with Crippen molar-refractivity contribution in [2.45, 2.75) is 19.4 Å². The maximum absolute atomic E-state index is 11.0. The van der Waals surface area contributed by atoms with E-state index in [0.717, 1.165) is 19.4 Å². The fourth-order valence-electron chi connectivity index (χ4n) is 1.79. The Bertz CT molecular complexity index is 572. The molecule has 0 aliphatic heterocycles. The minimum absolute atomic E-state index is 0.129. The van der Waals surface area contributed by atoms with Crippen LogP contribution in [-0.4, -0.2) is 32.2 Å².